The van der Waals surface area contributed by atoms with Gasteiger partial charge in [-0.05, 0) is 36.2 Å². The third-order valence-electron chi connectivity index (χ3n) is 3.84. The van der Waals surface area contributed by atoms with Gasteiger partial charge in [-0.15, -0.1) is 0 Å². The van der Waals surface area contributed by atoms with E-state index in [-0.39, 0.29) is 0 Å². The molecule has 0 fully saturated rings. The topological polar surface area (TPSA) is 60.9 Å². The maximum absolute atomic E-state index is 12.2. The molecule has 2 aromatic carbocycles. The van der Waals surface area contributed by atoms with Crippen LogP contribution in [-0.2, 0) is 6.42 Å². The standard InChI is InChI=1S/C18H15Cl2N3O/c1-11-6-7-14(9-16(11)20)23-17(21)13(10-22-18(23)24)8-12-4-2-3-5-15(12)19/h2-7,9-10H,8,21H2,1H3. The van der Waals surface area contributed by atoms with Gasteiger partial charge in [-0.2, -0.15) is 0 Å². The molecule has 0 aliphatic heterocycles. The van der Waals surface area contributed by atoms with Crippen molar-refractivity contribution in [2.24, 2.45) is 0 Å². The Hall–Kier alpha value is -2.30. The Labute approximate surface area is 149 Å². The molecule has 4 nitrogen and oxygen atoms in total. The van der Waals surface area contributed by atoms with Crippen LogP contribution < -0.4 is 11.4 Å². The van der Waals surface area contributed by atoms with E-state index in [0.29, 0.717) is 28.0 Å². The van der Waals surface area contributed by atoms with E-state index in [0.717, 1.165) is 16.7 Å². The lowest BCUT2D eigenvalue weighted by molar-refractivity contribution is 0.901. The summed E-state index contributed by atoms with van der Waals surface area (Å²) in [6, 6.07) is 12.8. The Kier molecular flexibility index (Phi) is 4.60. The number of aromatic nitrogens is 2. The molecule has 3 aromatic rings. The normalized spacial score (nSPS) is 10.8. The molecule has 0 amide bonds. The number of nitrogens with two attached hydrogens (primary N) is 1. The van der Waals surface area contributed by atoms with E-state index in [4.69, 9.17) is 28.9 Å². The predicted octanol–water partition coefficient (Wildman–Crippen LogP) is 4.02. The van der Waals surface area contributed by atoms with Crippen LogP contribution in [0.2, 0.25) is 10.0 Å². The van der Waals surface area contributed by atoms with E-state index >= 15 is 0 Å². The van der Waals surface area contributed by atoms with Gasteiger partial charge in [0.15, 0.2) is 0 Å². The first kappa shape index (κ1) is 16.6. The van der Waals surface area contributed by atoms with Crippen LogP contribution in [0.4, 0.5) is 5.82 Å². The summed E-state index contributed by atoms with van der Waals surface area (Å²) in [5, 5.41) is 1.21. The molecule has 3 rings (SSSR count). The number of benzene rings is 2. The molecule has 0 aliphatic rings. The summed E-state index contributed by atoms with van der Waals surface area (Å²) in [6.07, 6.45) is 1.98. The fourth-order valence-electron chi connectivity index (χ4n) is 2.46. The number of hydrogen-bond donors (Lipinski definition) is 1. The predicted molar refractivity (Wildman–Crippen MR) is 98.3 cm³/mol. The smallest absolute Gasteiger partial charge is 0.353 e. The van der Waals surface area contributed by atoms with E-state index in [1.807, 2.05) is 37.3 Å². The number of hydrogen-bond acceptors (Lipinski definition) is 3. The van der Waals surface area contributed by atoms with Gasteiger partial charge in [0.1, 0.15) is 5.82 Å². The minimum Gasteiger partial charge on any atom is -0.384 e. The zero-order valence-corrected chi connectivity index (χ0v) is 14.5. The fourth-order valence-corrected chi connectivity index (χ4v) is 2.83. The highest BCUT2D eigenvalue weighted by atomic mass is 35.5. The lowest BCUT2D eigenvalue weighted by atomic mass is 10.1. The molecule has 0 spiro atoms. The Balaban J connectivity index is 2.10. The average Bonchev–Trinajstić information content (AvgIpc) is 2.55. The third kappa shape index (κ3) is 3.16. The van der Waals surface area contributed by atoms with Gasteiger partial charge >= 0.3 is 5.69 Å². The van der Waals surface area contributed by atoms with Crippen molar-refractivity contribution in [3.05, 3.63) is 85.9 Å². The summed E-state index contributed by atoms with van der Waals surface area (Å²) >= 11 is 12.4. The van der Waals surface area contributed by atoms with Crippen molar-refractivity contribution in [3.8, 4) is 5.69 Å². The van der Waals surface area contributed by atoms with E-state index in [1.54, 1.807) is 12.1 Å². The lowest BCUT2D eigenvalue weighted by Crippen LogP contribution is -2.25. The Morgan fingerprint density at radius 3 is 2.54 bits per heavy atom. The molecule has 1 heterocycles. The van der Waals surface area contributed by atoms with Crippen LogP contribution >= 0.6 is 23.2 Å². The highest BCUT2D eigenvalue weighted by Gasteiger charge is 2.12. The summed E-state index contributed by atoms with van der Waals surface area (Å²) in [5.74, 6) is 0.329. The SMILES string of the molecule is Cc1ccc(-n2c(N)c(Cc3ccccc3Cl)cnc2=O)cc1Cl. The van der Waals surface area contributed by atoms with Crippen molar-refractivity contribution in [2.75, 3.05) is 5.73 Å². The maximum atomic E-state index is 12.2. The molecule has 0 saturated heterocycles. The first-order chi connectivity index (χ1) is 11.5. The molecule has 0 radical (unpaired) electrons. The van der Waals surface area contributed by atoms with Crippen LogP contribution in [0.3, 0.4) is 0 Å². The van der Waals surface area contributed by atoms with Crippen molar-refractivity contribution in [1.82, 2.24) is 9.55 Å². The minimum absolute atomic E-state index is 0.329. The van der Waals surface area contributed by atoms with Crippen molar-refractivity contribution in [3.63, 3.8) is 0 Å². The minimum atomic E-state index is -0.449. The lowest BCUT2D eigenvalue weighted by Gasteiger charge is -2.14. The van der Waals surface area contributed by atoms with E-state index in [1.165, 1.54) is 10.8 Å². The van der Waals surface area contributed by atoms with Gasteiger partial charge in [0, 0.05) is 28.2 Å². The van der Waals surface area contributed by atoms with Crippen molar-refractivity contribution >= 4 is 29.0 Å². The van der Waals surface area contributed by atoms with Crippen LogP contribution in [0.1, 0.15) is 16.7 Å². The number of halogens is 2. The number of nitrogens with zero attached hydrogens (tertiary/aromatic N) is 2. The fraction of sp³-hybridized carbons (Fsp3) is 0.111. The molecule has 2 N–H and O–H groups in total. The number of aryl methyl sites for hydroxylation is 1. The van der Waals surface area contributed by atoms with Gasteiger partial charge in [0.05, 0.1) is 5.69 Å². The molecule has 122 valence electrons. The zero-order chi connectivity index (χ0) is 17.3. The van der Waals surface area contributed by atoms with Crippen molar-refractivity contribution < 1.29 is 0 Å². The maximum Gasteiger partial charge on any atom is 0.353 e. The Morgan fingerprint density at radius 1 is 1.08 bits per heavy atom. The van der Waals surface area contributed by atoms with Crippen LogP contribution in [0, 0.1) is 6.92 Å². The number of rotatable bonds is 3. The second kappa shape index (κ2) is 6.67. The molecule has 0 atom stereocenters. The molecule has 24 heavy (non-hydrogen) atoms. The van der Waals surface area contributed by atoms with Crippen LogP contribution in [-0.4, -0.2) is 9.55 Å². The molecular formula is C18H15Cl2N3O. The molecule has 0 unspecified atom stereocenters. The monoisotopic (exact) mass is 359 g/mol. The first-order valence-corrected chi connectivity index (χ1v) is 8.09. The van der Waals surface area contributed by atoms with E-state index in [2.05, 4.69) is 4.98 Å². The van der Waals surface area contributed by atoms with E-state index in [9.17, 15) is 4.79 Å². The Bertz CT molecular complexity index is 967. The quantitative estimate of drug-likeness (QED) is 0.767. The summed E-state index contributed by atoms with van der Waals surface area (Å²) in [4.78, 5) is 16.1. The molecule has 0 saturated carbocycles. The largest absolute Gasteiger partial charge is 0.384 e. The van der Waals surface area contributed by atoms with Crippen molar-refractivity contribution in [1.29, 1.82) is 0 Å². The summed E-state index contributed by atoms with van der Waals surface area (Å²) in [7, 11) is 0. The second-order valence-electron chi connectivity index (χ2n) is 5.49. The molecule has 1 aromatic heterocycles. The zero-order valence-electron chi connectivity index (χ0n) is 13.0. The van der Waals surface area contributed by atoms with Crippen LogP contribution in [0.5, 0.6) is 0 Å². The molecule has 0 aliphatic carbocycles. The average molecular weight is 360 g/mol. The summed E-state index contributed by atoms with van der Waals surface area (Å²) in [6.45, 7) is 1.89. The number of nitrogen functional groups attached to an aromatic ring is 1. The van der Waals surface area contributed by atoms with Crippen LogP contribution in [0.25, 0.3) is 5.69 Å². The summed E-state index contributed by atoms with van der Waals surface area (Å²) < 4.78 is 1.36. The van der Waals surface area contributed by atoms with Gasteiger partial charge < -0.3 is 5.73 Å². The van der Waals surface area contributed by atoms with E-state index < -0.39 is 5.69 Å². The number of anilines is 1. The third-order valence-corrected chi connectivity index (χ3v) is 4.62. The molecule has 6 heteroatoms. The first-order valence-electron chi connectivity index (χ1n) is 7.33. The van der Waals surface area contributed by atoms with Crippen LogP contribution in [0.15, 0.2) is 53.5 Å². The highest BCUT2D eigenvalue weighted by molar-refractivity contribution is 6.31. The second-order valence-corrected chi connectivity index (χ2v) is 6.30. The summed E-state index contributed by atoms with van der Waals surface area (Å²) in [5.41, 5.74) is 8.94. The molecular weight excluding hydrogens is 345 g/mol. The van der Waals surface area contributed by atoms with Gasteiger partial charge in [0.25, 0.3) is 0 Å². The highest BCUT2D eigenvalue weighted by Crippen LogP contribution is 2.24. The van der Waals surface area contributed by atoms with Crippen molar-refractivity contribution in [2.45, 2.75) is 13.3 Å². The molecule has 0 bridgehead atoms. The van der Waals surface area contributed by atoms with Gasteiger partial charge in [-0.1, -0.05) is 47.5 Å². The van der Waals surface area contributed by atoms with Gasteiger partial charge in [0.2, 0.25) is 0 Å². The van der Waals surface area contributed by atoms with Gasteiger partial charge in [-0.25, -0.2) is 14.3 Å². The van der Waals surface area contributed by atoms with Gasteiger partial charge in [-0.3, -0.25) is 0 Å². The Morgan fingerprint density at radius 2 is 1.83 bits per heavy atom.